The van der Waals surface area contributed by atoms with E-state index in [4.69, 9.17) is 32.9 Å². The van der Waals surface area contributed by atoms with Gasteiger partial charge in [0.15, 0.2) is 0 Å². The molecule has 2 aromatic rings. The van der Waals surface area contributed by atoms with Crippen molar-refractivity contribution in [2.75, 3.05) is 24.6 Å². The number of aromatic nitrogens is 2. The summed E-state index contributed by atoms with van der Waals surface area (Å²) in [7, 11) is 0. The number of halogens is 2. The number of anilines is 1. The summed E-state index contributed by atoms with van der Waals surface area (Å²) in [6, 6.07) is 5.52. The Morgan fingerprint density at radius 3 is 2.69 bits per heavy atom. The molecule has 1 aromatic heterocycles. The molecule has 4 nitrogen and oxygen atoms in total. The summed E-state index contributed by atoms with van der Waals surface area (Å²) in [6.45, 7) is 6.66. The fraction of sp³-hybridized carbons (Fsp3) is 0.400. The molecule has 0 aliphatic carbocycles. The van der Waals surface area contributed by atoms with Crippen LogP contribution in [0.15, 0.2) is 31.0 Å². The number of hydrogen-bond acceptors (Lipinski definition) is 4. The fourth-order valence-corrected chi connectivity index (χ4v) is 4.27. The van der Waals surface area contributed by atoms with Gasteiger partial charge in [-0.15, -0.1) is 0 Å². The van der Waals surface area contributed by atoms with Crippen molar-refractivity contribution in [3.8, 4) is 11.3 Å². The minimum atomic E-state index is 0.0967. The van der Waals surface area contributed by atoms with Crippen LogP contribution in [0, 0.1) is 0 Å². The van der Waals surface area contributed by atoms with Gasteiger partial charge in [-0.3, -0.25) is 4.98 Å². The van der Waals surface area contributed by atoms with Gasteiger partial charge >= 0.3 is 0 Å². The van der Waals surface area contributed by atoms with Crippen LogP contribution < -0.4 is 4.90 Å². The van der Waals surface area contributed by atoms with E-state index in [9.17, 15) is 0 Å². The van der Waals surface area contributed by atoms with Crippen molar-refractivity contribution in [3.05, 3.63) is 46.7 Å². The second-order valence-corrected chi connectivity index (χ2v) is 7.67. The van der Waals surface area contributed by atoms with Gasteiger partial charge in [-0.1, -0.05) is 41.9 Å². The molecule has 0 atom stereocenters. The summed E-state index contributed by atoms with van der Waals surface area (Å²) in [5, 5.41) is 0.987. The molecule has 6 heteroatoms. The molecule has 2 saturated heterocycles. The Hall–Kier alpha value is -1.62. The van der Waals surface area contributed by atoms with Crippen LogP contribution in [0.5, 0.6) is 0 Å². The highest BCUT2D eigenvalue weighted by Crippen LogP contribution is 2.38. The summed E-state index contributed by atoms with van der Waals surface area (Å²) < 4.78 is 6.01. The first-order valence-electron chi connectivity index (χ1n) is 8.95. The number of piperidine rings is 1. The smallest absolute Gasteiger partial charge is 0.147 e. The minimum Gasteiger partial charge on any atom is -0.375 e. The van der Waals surface area contributed by atoms with Gasteiger partial charge in [0, 0.05) is 25.3 Å². The average Bonchev–Trinajstić information content (AvgIpc) is 3.12. The summed E-state index contributed by atoms with van der Waals surface area (Å²) in [4.78, 5) is 11.7. The maximum Gasteiger partial charge on any atom is 0.147 e. The molecule has 0 amide bonds. The van der Waals surface area contributed by atoms with Gasteiger partial charge < -0.3 is 9.64 Å². The van der Waals surface area contributed by atoms with E-state index in [0.29, 0.717) is 21.4 Å². The van der Waals surface area contributed by atoms with E-state index in [0.717, 1.165) is 43.9 Å². The van der Waals surface area contributed by atoms with E-state index < -0.39 is 0 Å². The molecular weight excluding hydrogens is 369 g/mol. The highest BCUT2D eigenvalue weighted by atomic mass is 35.5. The van der Waals surface area contributed by atoms with Gasteiger partial charge in [-0.05, 0) is 37.8 Å². The van der Waals surface area contributed by atoms with Gasteiger partial charge in [-0.2, -0.15) is 0 Å². The standard InChI is InChI=1S/C20H21Cl2N3O/c1-2-16-19(14-5-3-6-15(21)18(14)22)23-13-17(24-16)25-10-8-20(9-11-25)7-4-12-26-20/h2-3,5-6,13H,1,4,7-12H2. The van der Waals surface area contributed by atoms with Gasteiger partial charge in [0.1, 0.15) is 5.82 Å². The molecule has 2 aliphatic rings. The van der Waals surface area contributed by atoms with Crippen LogP contribution >= 0.6 is 23.2 Å². The molecular formula is C20H21Cl2N3O. The second-order valence-electron chi connectivity index (χ2n) is 6.89. The maximum atomic E-state index is 6.36. The number of ether oxygens (including phenoxy) is 1. The zero-order chi connectivity index (χ0) is 18.1. The van der Waals surface area contributed by atoms with E-state index in [1.807, 2.05) is 18.3 Å². The predicted octanol–water partition coefficient (Wildman–Crippen LogP) is 5.24. The molecule has 2 fully saturated rings. The molecule has 0 bridgehead atoms. The zero-order valence-electron chi connectivity index (χ0n) is 14.5. The van der Waals surface area contributed by atoms with Crippen molar-refractivity contribution in [2.45, 2.75) is 31.3 Å². The van der Waals surface area contributed by atoms with Crippen molar-refractivity contribution >= 4 is 35.1 Å². The SMILES string of the molecule is C=Cc1nc(N2CCC3(CCCO3)CC2)cnc1-c1cccc(Cl)c1Cl. The monoisotopic (exact) mass is 389 g/mol. The molecule has 1 aromatic carbocycles. The van der Waals surface area contributed by atoms with Crippen LogP contribution in [-0.2, 0) is 4.74 Å². The molecule has 4 rings (SSSR count). The molecule has 136 valence electrons. The predicted molar refractivity (Wildman–Crippen MR) is 107 cm³/mol. The molecule has 0 unspecified atom stereocenters. The molecule has 2 aliphatic heterocycles. The van der Waals surface area contributed by atoms with Crippen molar-refractivity contribution in [3.63, 3.8) is 0 Å². The van der Waals surface area contributed by atoms with E-state index in [-0.39, 0.29) is 5.60 Å². The Balaban J connectivity index is 1.60. The lowest BCUT2D eigenvalue weighted by Crippen LogP contribution is -2.44. The normalized spacial score (nSPS) is 19.1. The third kappa shape index (κ3) is 3.22. The highest BCUT2D eigenvalue weighted by molar-refractivity contribution is 6.43. The lowest BCUT2D eigenvalue weighted by molar-refractivity contribution is -0.0147. The molecule has 0 saturated carbocycles. The van der Waals surface area contributed by atoms with Gasteiger partial charge in [0.25, 0.3) is 0 Å². The summed E-state index contributed by atoms with van der Waals surface area (Å²) in [6.07, 6.45) is 7.97. The minimum absolute atomic E-state index is 0.0967. The number of rotatable bonds is 3. The number of hydrogen-bond donors (Lipinski definition) is 0. The lowest BCUT2D eigenvalue weighted by Gasteiger charge is -2.39. The summed E-state index contributed by atoms with van der Waals surface area (Å²) in [5.74, 6) is 0.870. The van der Waals surface area contributed by atoms with Gasteiger partial charge in [0.2, 0.25) is 0 Å². The van der Waals surface area contributed by atoms with Crippen LogP contribution in [0.3, 0.4) is 0 Å². The van der Waals surface area contributed by atoms with Crippen LogP contribution in [0.4, 0.5) is 5.82 Å². The largest absolute Gasteiger partial charge is 0.375 e. The Morgan fingerprint density at radius 2 is 2.00 bits per heavy atom. The van der Waals surface area contributed by atoms with E-state index >= 15 is 0 Å². The first kappa shape index (κ1) is 17.8. The van der Waals surface area contributed by atoms with Crippen molar-refractivity contribution in [1.29, 1.82) is 0 Å². The number of nitrogens with zero attached hydrogens (tertiary/aromatic N) is 3. The van der Waals surface area contributed by atoms with Crippen LogP contribution in [-0.4, -0.2) is 35.3 Å². The Bertz CT molecular complexity index is 824. The first-order valence-corrected chi connectivity index (χ1v) is 9.70. The maximum absolute atomic E-state index is 6.36. The van der Waals surface area contributed by atoms with Crippen molar-refractivity contribution < 1.29 is 4.74 Å². The Morgan fingerprint density at radius 1 is 1.19 bits per heavy atom. The Labute approximate surface area is 163 Å². The molecule has 0 radical (unpaired) electrons. The van der Waals surface area contributed by atoms with Crippen molar-refractivity contribution in [2.24, 2.45) is 0 Å². The summed E-state index contributed by atoms with van der Waals surface area (Å²) >= 11 is 12.5. The summed E-state index contributed by atoms with van der Waals surface area (Å²) in [5.41, 5.74) is 2.28. The lowest BCUT2D eigenvalue weighted by atomic mass is 9.89. The zero-order valence-corrected chi connectivity index (χ0v) is 16.1. The van der Waals surface area contributed by atoms with E-state index in [2.05, 4.69) is 16.5 Å². The van der Waals surface area contributed by atoms with E-state index in [1.54, 1.807) is 12.1 Å². The molecule has 3 heterocycles. The average molecular weight is 390 g/mol. The quantitative estimate of drug-likeness (QED) is 0.718. The van der Waals surface area contributed by atoms with E-state index in [1.165, 1.54) is 12.8 Å². The first-order chi connectivity index (χ1) is 12.6. The third-order valence-corrected chi connectivity index (χ3v) is 6.19. The van der Waals surface area contributed by atoms with Crippen LogP contribution in [0.25, 0.3) is 17.3 Å². The van der Waals surface area contributed by atoms with Crippen molar-refractivity contribution in [1.82, 2.24) is 9.97 Å². The fourth-order valence-electron chi connectivity index (χ4n) is 3.88. The topological polar surface area (TPSA) is 38.2 Å². The number of benzene rings is 1. The third-order valence-electron chi connectivity index (χ3n) is 5.37. The van der Waals surface area contributed by atoms with Gasteiger partial charge in [0.05, 0.1) is 33.2 Å². The van der Waals surface area contributed by atoms with Crippen LogP contribution in [0.1, 0.15) is 31.4 Å². The second kappa shape index (κ2) is 7.18. The van der Waals surface area contributed by atoms with Gasteiger partial charge in [-0.25, -0.2) is 4.98 Å². The molecule has 0 N–H and O–H groups in total. The van der Waals surface area contributed by atoms with Crippen LogP contribution in [0.2, 0.25) is 10.0 Å². The molecule has 1 spiro atoms. The highest BCUT2D eigenvalue weighted by Gasteiger charge is 2.38. The molecule has 26 heavy (non-hydrogen) atoms. The Kier molecular flexibility index (Phi) is 4.91.